The summed E-state index contributed by atoms with van der Waals surface area (Å²) in [6, 6.07) is 2.12. The number of primary amides is 1. The van der Waals surface area contributed by atoms with Gasteiger partial charge in [-0.15, -0.1) is 11.3 Å². The molecule has 0 saturated heterocycles. The lowest BCUT2D eigenvalue weighted by Gasteiger charge is -2.08. The van der Waals surface area contributed by atoms with Crippen LogP contribution in [0.25, 0.3) is 11.3 Å². The average molecular weight is 293 g/mol. The lowest BCUT2D eigenvalue weighted by atomic mass is 10.2. The van der Waals surface area contributed by atoms with E-state index in [0.717, 1.165) is 28.5 Å². The highest BCUT2D eigenvalue weighted by atomic mass is 32.1. The molecule has 0 aliphatic heterocycles. The van der Waals surface area contributed by atoms with Crippen LogP contribution in [0.4, 0.5) is 0 Å². The van der Waals surface area contributed by atoms with Crippen molar-refractivity contribution in [3.05, 3.63) is 27.8 Å². The van der Waals surface area contributed by atoms with Crippen LogP contribution in [0, 0.1) is 13.8 Å². The molecule has 0 spiro atoms. The standard InChI is InChI=1S/C14H19N3O2S/c1-9-6-11(10(2)17(9)4-5-19-3)12-8-20-14(16-12)7-13(15)18/h6,8H,4-5,7H2,1-3H3,(H2,15,18). The number of methoxy groups -OCH3 is 1. The first-order valence-electron chi connectivity index (χ1n) is 6.41. The number of nitrogens with zero attached hydrogens (tertiary/aromatic N) is 2. The molecule has 6 heteroatoms. The van der Waals surface area contributed by atoms with Gasteiger partial charge < -0.3 is 15.0 Å². The number of amides is 1. The number of aryl methyl sites for hydroxylation is 1. The van der Waals surface area contributed by atoms with E-state index in [0.29, 0.717) is 6.61 Å². The zero-order valence-electron chi connectivity index (χ0n) is 12.0. The quantitative estimate of drug-likeness (QED) is 0.884. The zero-order chi connectivity index (χ0) is 14.7. The molecule has 2 N–H and O–H groups in total. The summed E-state index contributed by atoms with van der Waals surface area (Å²) in [6.07, 6.45) is 0.201. The number of thiazole rings is 1. The summed E-state index contributed by atoms with van der Waals surface area (Å²) >= 11 is 1.47. The smallest absolute Gasteiger partial charge is 0.224 e. The highest BCUT2D eigenvalue weighted by molar-refractivity contribution is 7.10. The highest BCUT2D eigenvalue weighted by Gasteiger charge is 2.14. The minimum Gasteiger partial charge on any atom is -0.383 e. The number of carbonyl (C=O) groups is 1. The van der Waals surface area contributed by atoms with Crippen molar-refractivity contribution < 1.29 is 9.53 Å². The van der Waals surface area contributed by atoms with Crippen molar-refractivity contribution in [2.75, 3.05) is 13.7 Å². The van der Waals surface area contributed by atoms with Gasteiger partial charge in [-0.2, -0.15) is 0 Å². The molecule has 0 atom stereocenters. The van der Waals surface area contributed by atoms with E-state index in [2.05, 4.69) is 29.5 Å². The number of hydrogen-bond donors (Lipinski definition) is 1. The molecule has 108 valence electrons. The van der Waals surface area contributed by atoms with Crippen molar-refractivity contribution in [2.24, 2.45) is 5.73 Å². The van der Waals surface area contributed by atoms with Crippen LogP contribution in [0.5, 0.6) is 0 Å². The number of aromatic nitrogens is 2. The van der Waals surface area contributed by atoms with Gasteiger partial charge in [-0.05, 0) is 19.9 Å². The van der Waals surface area contributed by atoms with E-state index in [9.17, 15) is 4.79 Å². The van der Waals surface area contributed by atoms with Gasteiger partial charge in [0.15, 0.2) is 0 Å². The normalized spacial score (nSPS) is 10.9. The van der Waals surface area contributed by atoms with Crippen molar-refractivity contribution in [1.29, 1.82) is 0 Å². The number of hydrogen-bond acceptors (Lipinski definition) is 4. The summed E-state index contributed by atoms with van der Waals surface area (Å²) in [6.45, 7) is 5.65. The second kappa shape index (κ2) is 6.19. The van der Waals surface area contributed by atoms with Gasteiger partial charge in [0.05, 0.1) is 18.7 Å². The molecule has 0 aromatic carbocycles. The van der Waals surface area contributed by atoms with Gasteiger partial charge in [0.1, 0.15) is 5.01 Å². The van der Waals surface area contributed by atoms with E-state index in [1.807, 2.05) is 5.38 Å². The van der Waals surface area contributed by atoms with Crippen LogP contribution in [-0.2, 0) is 22.5 Å². The van der Waals surface area contributed by atoms with Crippen LogP contribution >= 0.6 is 11.3 Å². The molecule has 0 aliphatic rings. The SMILES string of the molecule is COCCn1c(C)cc(-c2csc(CC(N)=O)n2)c1C. The van der Waals surface area contributed by atoms with Crippen LogP contribution in [0.2, 0.25) is 0 Å². The minimum absolute atomic E-state index is 0.201. The molecule has 0 radical (unpaired) electrons. The Balaban J connectivity index is 2.28. The third-order valence-electron chi connectivity index (χ3n) is 3.25. The number of carbonyl (C=O) groups excluding carboxylic acids is 1. The predicted octanol–water partition coefficient (Wildman–Crippen LogP) is 1.90. The molecular weight excluding hydrogens is 274 g/mol. The lowest BCUT2D eigenvalue weighted by molar-refractivity contribution is -0.117. The van der Waals surface area contributed by atoms with Crippen LogP contribution in [-0.4, -0.2) is 29.2 Å². The topological polar surface area (TPSA) is 70.1 Å². The summed E-state index contributed by atoms with van der Waals surface area (Å²) in [7, 11) is 1.70. The molecule has 20 heavy (non-hydrogen) atoms. The minimum atomic E-state index is -0.350. The van der Waals surface area contributed by atoms with Crippen LogP contribution in [0.15, 0.2) is 11.4 Å². The Bertz CT molecular complexity index is 616. The van der Waals surface area contributed by atoms with Gasteiger partial charge in [-0.25, -0.2) is 4.98 Å². The van der Waals surface area contributed by atoms with E-state index in [1.54, 1.807) is 7.11 Å². The fourth-order valence-electron chi connectivity index (χ4n) is 2.25. The first kappa shape index (κ1) is 14.7. The van der Waals surface area contributed by atoms with Crippen LogP contribution in [0.1, 0.15) is 16.4 Å². The molecule has 2 aromatic heterocycles. The highest BCUT2D eigenvalue weighted by Crippen LogP contribution is 2.28. The Morgan fingerprint density at radius 3 is 2.90 bits per heavy atom. The molecule has 0 saturated carbocycles. The molecule has 2 aromatic rings. The Morgan fingerprint density at radius 2 is 2.25 bits per heavy atom. The molecular formula is C14H19N3O2S. The van der Waals surface area contributed by atoms with E-state index >= 15 is 0 Å². The van der Waals surface area contributed by atoms with Crippen molar-refractivity contribution >= 4 is 17.2 Å². The predicted molar refractivity (Wildman–Crippen MR) is 79.8 cm³/mol. The maximum atomic E-state index is 10.9. The van der Waals surface area contributed by atoms with Gasteiger partial charge in [-0.1, -0.05) is 0 Å². The Morgan fingerprint density at radius 1 is 1.50 bits per heavy atom. The van der Waals surface area contributed by atoms with Gasteiger partial charge in [0.25, 0.3) is 0 Å². The number of ether oxygens (including phenoxy) is 1. The Hall–Kier alpha value is -1.66. The third kappa shape index (κ3) is 3.08. The molecule has 0 aliphatic carbocycles. The molecule has 5 nitrogen and oxygen atoms in total. The first-order chi connectivity index (χ1) is 9.52. The monoisotopic (exact) mass is 293 g/mol. The summed E-state index contributed by atoms with van der Waals surface area (Å²) in [5, 5.41) is 2.73. The zero-order valence-corrected chi connectivity index (χ0v) is 12.8. The van der Waals surface area contributed by atoms with Crippen molar-refractivity contribution in [1.82, 2.24) is 9.55 Å². The van der Waals surface area contributed by atoms with E-state index in [1.165, 1.54) is 17.0 Å². The Labute approximate surface area is 122 Å². The maximum absolute atomic E-state index is 10.9. The molecule has 1 amide bonds. The molecule has 2 rings (SSSR count). The van der Waals surface area contributed by atoms with Crippen molar-refractivity contribution in [3.8, 4) is 11.3 Å². The third-order valence-corrected chi connectivity index (χ3v) is 4.09. The fraction of sp³-hybridized carbons (Fsp3) is 0.429. The van der Waals surface area contributed by atoms with Crippen LogP contribution < -0.4 is 5.73 Å². The van der Waals surface area contributed by atoms with E-state index < -0.39 is 0 Å². The summed E-state index contributed by atoms with van der Waals surface area (Å²) < 4.78 is 7.35. The molecule has 2 heterocycles. The summed E-state index contributed by atoms with van der Waals surface area (Å²) in [4.78, 5) is 15.4. The molecule has 0 bridgehead atoms. The Kier molecular flexibility index (Phi) is 4.57. The first-order valence-corrected chi connectivity index (χ1v) is 7.29. The van der Waals surface area contributed by atoms with Gasteiger partial charge in [0, 0.05) is 36.0 Å². The number of nitrogens with two attached hydrogens (primary N) is 1. The maximum Gasteiger partial charge on any atom is 0.224 e. The largest absolute Gasteiger partial charge is 0.383 e. The summed E-state index contributed by atoms with van der Waals surface area (Å²) in [5.74, 6) is -0.350. The van der Waals surface area contributed by atoms with Gasteiger partial charge in [-0.3, -0.25) is 4.79 Å². The molecule has 0 fully saturated rings. The second-order valence-corrected chi connectivity index (χ2v) is 5.64. The lowest BCUT2D eigenvalue weighted by Crippen LogP contribution is -2.13. The van der Waals surface area contributed by atoms with Crippen molar-refractivity contribution in [3.63, 3.8) is 0 Å². The molecule has 0 unspecified atom stereocenters. The van der Waals surface area contributed by atoms with E-state index in [4.69, 9.17) is 10.5 Å². The van der Waals surface area contributed by atoms with Crippen LogP contribution in [0.3, 0.4) is 0 Å². The van der Waals surface area contributed by atoms with Gasteiger partial charge in [0.2, 0.25) is 5.91 Å². The van der Waals surface area contributed by atoms with E-state index in [-0.39, 0.29) is 12.3 Å². The van der Waals surface area contributed by atoms with Crippen molar-refractivity contribution in [2.45, 2.75) is 26.8 Å². The van der Waals surface area contributed by atoms with Gasteiger partial charge >= 0.3 is 0 Å². The number of rotatable bonds is 6. The average Bonchev–Trinajstić information content (AvgIpc) is 2.93. The fourth-order valence-corrected chi connectivity index (χ4v) is 3.06. The second-order valence-electron chi connectivity index (χ2n) is 4.70. The summed E-state index contributed by atoms with van der Waals surface area (Å²) in [5.41, 5.74) is 9.55.